The third kappa shape index (κ3) is 5.90. The average molecular weight is 389 g/mol. The highest BCUT2D eigenvalue weighted by Gasteiger charge is 2.19. The van der Waals surface area contributed by atoms with Gasteiger partial charge in [-0.3, -0.25) is 9.59 Å². The molecular formula is C19H23N3O4S. The van der Waals surface area contributed by atoms with Gasteiger partial charge in [-0.25, -0.2) is 8.42 Å². The van der Waals surface area contributed by atoms with Crippen LogP contribution in [0, 0.1) is 0 Å². The lowest BCUT2D eigenvalue weighted by Gasteiger charge is -2.22. The number of amides is 2. The number of carbonyl (C=O) groups is 2. The Morgan fingerprint density at radius 2 is 1.56 bits per heavy atom. The van der Waals surface area contributed by atoms with Gasteiger partial charge in [0, 0.05) is 25.2 Å². The molecule has 27 heavy (non-hydrogen) atoms. The van der Waals surface area contributed by atoms with Gasteiger partial charge < -0.3 is 16.4 Å². The van der Waals surface area contributed by atoms with E-state index in [4.69, 9.17) is 11.5 Å². The van der Waals surface area contributed by atoms with E-state index in [2.05, 4.69) is 0 Å². The van der Waals surface area contributed by atoms with Crippen LogP contribution in [0.3, 0.4) is 0 Å². The number of hydrogen-bond donors (Lipinski definition) is 2. The molecule has 0 spiro atoms. The van der Waals surface area contributed by atoms with E-state index >= 15 is 0 Å². The van der Waals surface area contributed by atoms with Crippen molar-refractivity contribution in [3.05, 3.63) is 65.7 Å². The standard InChI is InChI=1S/C19H23N3O4S/c20-11-13-22(12-10-15-4-2-1-3-5-15)19(24)16-6-8-17(9-7-16)27(25,26)14-18(21)23/h1-9H,10-14,20H2,(H2,21,23). The number of nitrogens with two attached hydrogens (primary N) is 2. The summed E-state index contributed by atoms with van der Waals surface area (Å²) in [5, 5.41) is 0. The van der Waals surface area contributed by atoms with E-state index in [1.54, 1.807) is 4.90 Å². The molecule has 7 nitrogen and oxygen atoms in total. The van der Waals surface area contributed by atoms with Gasteiger partial charge >= 0.3 is 0 Å². The van der Waals surface area contributed by atoms with Gasteiger partial charge in [0.2, 0.25) is 5.91 Å². The Hall–Kier alpha value is -2.71. The van der Waals surface area contributed by atoms with Gasteiger partial charge in [-0.2, -0.15) is 0 Å². The fourth-order valence-corrected chi connectivity index (χ4v) is 3.73. The molecule has 0 radical (unpaired) electrons. The van der Waals surface area contributed by atoms with Crippen LogP contribution < -0.4 is 11.5 Å². The molecule has 0 aromatic heterocycles. The fourth-order valence-electron chi connectivity index (χ4n) is 2.64. The normalized spacial score (nSPS) is 11.1. The maximum Gasteiger partial charge on any atom is 0.253 e. The molecule has 4 N–H and O–H groups in total. The Morgan fingerprint density at radius 3 is 2.11 bits per heavy atom. The maximum absolute atomic E-state index is 12.7. The lowest BCUT2D eigenvalue weighted by Crippen LogP contribution is -2.37. The van der Waals surface area contributed by atoms with E-state index in [1.165, 1.54) is 24.3 Å². The first-order chi connectivity index (χ1) is 12.8. The molecule has 2 amide bonds. The van der Waals surface area contributed by atoms with Crippen molar-refractivity contribution in [1.29, 1.82) is 0 Å². The van der Waals surface area contributed by atoms with Crippen molar-refractivity contribution in [2.45, 2.75) is 11.3 Å². The highest BCUT2D eigenvalue weighted by atomic mass is 32.2. The van der Waals surface area contributed by atoms with E-state index in [0.29, 0.717) is 31.6 Å². The number of benzene rings is 2. The summed E-state index contributed by atoms with van der Waals surface area (Å²) in [5.74, 6) is -1.92. The van der Waals surface area contributed by atoms with Crippen molar-refractivity contribution in [3.8, 4) is 0 Å². The van der Waals surface area contributed by atoms with Crippen LogP contribution in [-0.4, -0.2) is 50.5 Å². The molecular weight excluding hydrogens is 366 g/mol. The van der Waals surface area contributed by atoms with Crippen molar-refractivity contribution < 1.29 is 18.0 Å². The van der Waals surface area contributed by atoms with Crippen LogP contribution in [0.5, 0.6) is 0 Å². The molecule has 2 rings (SSSR count). The number of nitrogens with zero attached hydrogens (tertiary/aromatic N) is 1. The molecule has 0 atom stereocenters. The second-order valence-corrected chi connectivity index (χ2v) is 8.06. The Kier molecular flexibility index (Phi) is 7.09. The Bertz CT molecular complexity index is 881. The fraction of sp³-hybridized carbons (Fsp3) is 0.263. The van der Waals surface area contributed by atoms with Crippen LogP contribution in [-0.2, 0) is 21.1 Å². The minimum Gasteiger partial charge on any atom is -0.369 e. The van der Waals surface area contributed by atoms with Gasteiger partial charge in [0.15, 0.2) is 9.84 Å². The summed E-state index contributed by atoms with van der Waals surface area (Å²) in [6, 6.07) is 15.3. The van der Waals surface area contributed by atoms with E-state index in [-0.39, 0.29) is 10.8 Å². The quantitative estimate of drug-likeness (QED) is 0.650. The van der Waals surface area contributed by atoms with Gasteiger partial charge in [-0.15, -0.1) is 0 Å². The molecule has 0 bridgehead atoms. The summed E-state index contributed by atoms with van der Waals surface area (Å²) in [5.41, 5.74) is 12.0. The van der Waals surface area contributed by atoms with Gasteiger partial charge in [-0.1, -0.05) is 30.3 Å². The van der Waals surface area contributed by atoms with Gasteiger partial charge in [0.1, 0.15) is 5.75 Å². The number of primary amides is 1. The topological polar surface area (TPSA) is 124 Å². The number of carbonyl (C=O) groups excluding carboxylic acids is 2. The van der Waals surface area contributed by atoms with E-state index in [1.807, 2.05) is 30.3 Å². The number of sulfone groups is 1. The first kappa shape index (κ1) is 20.6. The number of hydrogen-bond acceptors (Lipinski definition) is 5. The first-order valence-electron chi connectivity index (χ1n) is 8.48. The molecule has 0 saturated carbocycles. The zero-order valence-corrected chi connectivity index (χ0v) is 15.7. The minimum atomic E-state index is -3.80. The SMILES string of the molecule is NCCN(CCc1ccccc1)C(=O)c1ccc(S(=O)(=O)CC(N)=O)cc1. The van der Waals surface area contributed by atoms with Crippen LogP contribution in [0.25, 0.3) is 0 Å². The van der Waals surface area contributed by atoms with Gasteiger partial charge in [-0.05, 0) is 36.2 Å². The molecule has 0 aliphatic rings. The van der Waals surface area contributed by atoms with E-state index in [9.17, 15) is 18.0 Å². The molecule has 8 heteroatoms. The zero-order chi connectivity index (χ0) is 19.9. The summed E-state index contributed by atoms with van der Waals surface area (Å²) in [6.45, 7) is 1.22. The Labute approximate surface area is 158 Å². The molecule has 0 heterocycles. The lowest BCUT2D eigenvalue weighted by atomic mass is 10.1. The smallest absolute Gasteiger partial charge is 0.253 e. The molecule has 0 aliphatic carbocycles. The highest BCUT2D eigenvalue weighted by molar-refractivity contribution is 7.92. The average Bonchev–Trinajstić information content (AvgIpc) is 2.64. The molecule has 144 valence electrons. The lowest BCUT2D eigenvalue weighted by molar-refractivity contribution is -0.115. The van der Waals surface area contributed by atoms with Crippen molar-refractivity contribution in [2.24, 2.45) is 11.5 Å². The zero-order valence-electron chi connectivity index (χ0n) is 14.9. The maximum atomic E-state index is 12.7. The highest BCUT2D eigenvalue weighted by Crippen LogP contribution is 2.14. The molecule has 0 unspecified atom stereocenters. The van der Waals surface area contributed by atoms with Crippen LogP contribution in [0.2, 0.25) is 0 Å². The van der Waals surface area contributed by atoms with Crippen LogP contribution in [0.15, 0.2) is 59.5 Å². The van der Waals surface area contributed by atoms with Gasteiger partial charge in [0.05, 0.1) is 4.90 Å². The van der Waals surface area contributed by atoms with Crippen LogP contribution in [0.1, 0.15) is 15.9 Å². The second-order valence-electron chi connectivity index (χ2n) is 6.07. The predicted molar refractivity (Wildman–Crippen MR) is 103 cm³/mol. The third-order valence-corrected chi connectivity index (χ3v) is 5.65. The third-order valence-electron chi connectivity index (χ3n) is 3.99. The monoisotopic (exact) mass is 389 g/mol. The summed E-state index contributed by atoms with van der Waals surface area (Å²) in [4.78, 5) is 25.2. The molecule has 2 aromatic carbocycles. The first-order valence-corrected chi connectivity index (χ1v) is 10.1. The molecule has 2 aromatic rings. The number of rotatable bonds is 9. The van der Waals surface area contributed by atoms with Crippen molar-refractivity contribution in [2.75, 3.05) is 25.4 Å². The summed E-state index contributed by atoms with van der Waals surface area (Å²) < 4.78 is 24.0. The molecule has 0 fully saturated rings. The van der Waals surface area contributed by atoms with E-state index < -0.39 is 21.5 Å². The summed E-state index contributed by atoms with van der Waals surface area (Å²) >= 11 is 0. The van der Waals surface area contributed by atoms with Crippen molar-refractivity contribution in [3.63, 3.8) is 0 Å². The van der Waals surface area contributed by atoms with Crippen LogP contribution in [0.4, 0.5) is 0 Å². The minimum absolute atomic E-state index is 0.0486. The van der Waals surface area contributed by atoms with Gasteiger partial charge in [0.25, 0.3) is 5.91 Å². The Morgan fingerprint density at radius 1 is 0.926 bits per heavy atom. The second kappa shape index (κ2) is 9.29. The van der Waals surface area contributed by atoms with Crippen LogP contribution >= 0.6 is 0 Å². The molecule has 0 saturated heterocycles. The largest absolute Gasteiger partial charge is 0.369 e. The van der Waals surface area contributed by atoms with E-state index in [0.717, 1.165) is 5.56 Å². The summed E-state index contributed by atoms with van der Waals surface area (Å²) in [7, 11) is -3.80. The molecule has 0 aliphatic heterocycles. The predicted octanol–water partition coefficient (Wildman–Crippen LogP) is 0.589. The summed E-state index contributed by atoms with van der Waals surface area (Å²) in [6.07, 6.45) is 0.692. The van der Waals surface area contributed by atoms with Crippen molar-refractivity contribution in [1.82, 2.24) is 4.90 Å². The Balaban J connectivity index is 2.12. The van der Waals surface area contributed by atoms with Crippen molar-refractivity contribution >= 4 is 21.7 Å².